The fraction of sp³-hybridized carbons (Fsp3) is 0.733. The minimum Gasteiger partial charge on any atom is -0.346 e. The van der Waals surface area contributed by atoms with E-state index in [9.17, 15) is 9.59 Å². The molecule has 2 unspecified atom stereocenters. The van der Waals surface area contributed by atoms with Crippen LogP contribution in [-0.2, 0) is 23.1 Å². The van der Waals surface area contributed by atoms with Crippen LogP contribution in [-0.4, -0.2) is 44.2 Å². The highest BCUT2D eigenvalue weighted by Gasteiger charge is 2.26. The Morgan fingerprint density at radius 2 is 2.05 bits per heavy atom. The molecule has 22 heavy (non-hydrogen) atoms. The van der Waals surface area contributed by atoms with E-state index in [1.54, 1.807) is 16.4 Å². The zero-order valence-corrected chi connectivity index (χ0v) is 14.8. The predicted octanol–water partition coefficient (Wildman–Crippen LogP) is 1.46. The second kappa shape index (κ2) is 8.92. The molecule has 1 rings (SSSR count). The molecule has 0 radical (unpaired) electrons. The first-order valence-corrected chi connectivity index (χ1v) is 8.70. The minimum absolute atomic E-state index is 0.0579. The van der Waals surface area contributed by atoms with E-state index in [2.05, 4.69) is 15.6 Å². The SMILES string of the molecule is CC(=O)NC(CSCCc1cn(C)nn1)C(=O)C(C)C(C)C. The number of nitrogens with zero attached hydrogens (tertiary/aromatic N) is 3. The topological polar surface area (TPSA) is 76.9 Å². The van der Waals surface area contributed by atoms with Crippen molar-refractivity contribution in [2.45, 2.75) is 40.2 Å². The Hall–Kier alpha value is -1.37. The molecule has 1 N–H and O–H groups in total. The van der Waals surface area contributed by atoms with Crippen molar-refractivity contribution in [3.63, 3.8) is 0 Å². The van der Waals surface area contributed by atoms with Crippen LogP contribution in [0, 0.1) is 11.8 Å². The largest absolute Gasteiger partial charge is 0.346 e. The Bertz CT molecular complexity index is 501. The number of rotatable bonds is 9. The molecule has 0 aliphatic carbocycles. The number of carbonyl (C=O) groups is 2. The number of Topliss-reactive ketones (excluding diaryl/α,β-unsaturated/α-hetero) is 1. The van der Waals surface area contributed by atoms with Gasteiger partial charge in [0, 0.05) is 38.3 Å². The third kappa shape index (κ3) is 6.17. The van der Waals surface area contributed by atoms with Gasteiger partial charge in [-0.25, -0.2) is 0 Å². The molecule has 0 aromatic carbocycles. The van der Waals surface area contributed by atoms with Gasteiger partial charge in [0.1, 0.15) is 0 Å². The van der Waals surface area contributed by atoms with Crippen LogP contribution < -0.4 is 5.32 Å². The molecule has 0 aliphatic heterocycles. The van der Waals surface area contributed by atoms with Gasteiger partial charge >= 0.3 is 0 Å². The number of hydrogen-bond donors (Lipinski definition) is 1. The second-order valence-corrected chi connectivity index (χ2v) is 7.05. The summed E-state index contributed by atoms with van der Waals surface area (Å²) in [5.41, 5.74) is 0.938. The van der Waals surface area contributed by atoms with Crippen LogP contribution in [0.2, 0.25) is 0 Å². The number of aromatic nitrogens is 3. The Kier molecular flexibility index (Phi) is 7.58. The van der Waals surface area contributed by atoms with Gasteiger partial charge in [-0.05, 0) is 11.7 Å². The molecular formula is C15H26N4O2S. The van der Waals surface area contributed by atoms with Crippen LogP contribution in [0.15, 0.2) is 6.20 Å². The Morgan fingerprint density at radius 1 is 1.36 bits per heavy atom. The minimum atomic E-state index is -0.415. The number of hydrogen-bond acceptors (Lipinski definition) is 5. The van der Waals surface area contributed by atoms with Gasteiger partial charge in [0.2, 0.25) is 5.91 Å². The fourth-order valence-corrected chi connectivity index (χ4v) is 2.98. The molecule has 1 aromatic heterocycles. The van der Waals surface area contributed by atoms with Crippen LogP contribution in [0.5, 0.6) is 0 Å². The molecule has 0 bridgehead atoms. The van der Waals surface area contributed by atoms with E-state index in [1.165, 1.54) is 6.92 Å². The van der Waals surface area contributed by atoms with Crippen LogP contribution in [0.1, 0.15) is 33.4 Å². The van der Waals surface area contributed by atoms with Crippen molar-refractivity contribution in [2.75, 3.05) is 11.5 Å². The number of nitrogens with one attached hydrogen (secondary N) is 1. The zero-order valence-electron chi connectivity index (χ0n) is 14.0. The molecular weight excluding hydrogens is 300 g/mol. The van der Waals surface area contributed by atoms with E-state index < -0.39 is 6.04 Å². The van der Waals surface area contributed by atoms with Gasteiger partial charge in [-0.1, -0.05) is 26.0 Å². The van der Waals surface area contributed by atoms with E-state index in [0.717, 1.165) is 17.9 Å². The highest BCUT2D eigenvalue weighted by atomic mass is 32.2. The number of ketones is 1. The smallest absolute Gasteiger partial charge is 0.217 e. The van der Waals surface area contributed by atoms with Gasteiger partial charge in [-0.3, -0.25) is 14.3 Å². The summed E-state index contributed by atoms with van der Waals surface area (Å²) in [5, 5.41) is 10.7. The average molecular weight is 326 g/mol. The maximum Gasteiger partial charge on any atom is 0.217 e. The van der Waals surface area contributed by atoms with Crippen molar-refractivity contribution in [1.29, 1.82) is 0 Å². The van der Waals surface area contributed by atoms with Crippen LogP contribution in [0.25, 0.3) is 0 Å². The van der Waals surface area contributed by atoms with E-state index in [0.29, 0.717) is 5.75 Å². The first-order valence-electron chi connectivity index (χ1n) is 7.55. The highest BCUT2D eigenvalue weighted by Crippen LogP contribution is 2.16. The van der Waals surface area contributed by atoms with Crippen molar-refractivity contribution in [3.8, 4) is 0 Å². The predicted molar refractivity (Wildman–Crippen MR) is 88.6 cm³/mol. The summed E-state index contributed by atoms with van der Waals surface area (Å²) < 4.78 is 1.67. The number of carbonyl (C=O) groups excluding carboxylic acids is 2. The quantitative estimate of drug-likeness (QED) is 0.695. The Morgan fingerprint density at radius 3 is 2.55 bits per heavy atom. The van der Waals surface area contributed by atoms with E-state index >= 15 is 0 Å². The zero-order chi connectivity index (χ0) is 16.7. The first-order chi connectivity index (χ1) is 10.3. The lowest BCUT2D eigenvalue weighted by atomic mass is 9.90. The van der Waals surface area contributed by atoms with Gasteiger partial charge in [0.25, 0.3) is 0 Å². The first kappa shape index (κ1) is 18.7. The van der Waals surface area contributed by atoms with Gasteiger partial charge < -0.3 is 5.32 Å². The number of aryl methyl sites for hydroxylation is 2. The Labute approximate surface area is 136 Å². The lowest BCUT2D eigenvalue weighted by molar-refractivity contribution is -0.129. The van der Waals surface area contributed by atoms with Crippen molar-refractivity contribution in [2.24, 2.45) is 18.9 Å². The molecule has 2 atom stereocenters. The molecule has 0 aliphatic rings. The monoisotopic (exact) mass is 326 g/mol. The number of thioether (sulfide) groups is 1. The molecule has 0 saturated heterocycles. The summed E-state index contributed by atoms with van der Waals surface area (Å²) in [4.78, 5) is 23.7. The molecule has 0 fully saturated rings. The van der Waals surface area contributed by atoms with E-state index in [1.807, 2.05) is 34.0 Å². The van der Waals surface area contributed by atoms with Gasteiger partial charge in [0.15, 0.2) is 5.78 Å². The van der Waals surface area contributed by atoms with E-state index in [-0.39, 0.29) is 23.5 Å². The molecule has 0 spiro atoms. The third-order valence-corrected chi connectivity index (χ3v) is 4.67. The molecule has 6 nitrogen and oxygen atoms in total. The normalized spacial score (nSPS) is 13.9. The summed E-state index contributed by atoms with van der Waals surface area (Å²) in [7, 11) is 1.84. The summed E-state index contributed by atoms with van der Waals surface area (Å²) in [6.45, 7) is 7.42. The summed E-state index contributed by atoms with van der Waals surface area (Å²) in [6.07, 6.45) is 2.69. The number of amides is 1. The molecule has 1 amide bonds. The fourth-order valence-electron chi connectivity index (χ4n) is 1.97. The van der Waals surface area contributed by atoms with Crippen molar-refractivity contribution in [3.05, 3.63) is 11.9 Å². The van der Waals surface area contributed by atoms with Crippen LogP contribution in [0.3, 0.4) is 0 Å². The van der Waals surface area contributed by atoms with E-state index in [4.69, 9.17) is 0 Å². The van der Waals surface area contributed by atoms with Crippen LogP contribution >= 0.6 is 11.8 Å². The maximum absolute atomic E-state index is 12.4. The molecule has 1 aromatic rings. The lowest BCUT2D eigenvalue weighted by Gasteiger charge is -2.22. The average Bonchev–Trinajstić information content (AvgIpc) is 2.85. The maximum atomic E-state index is 12.4. The molecule has 124 valence electrons. The molecule has 0 saturated carbocycles. The summed E-state index contributed by atoms with van der Waals surface area (Å²) in [6, 6.07) is -0.415. The van der Waals surface area contributed by atoms with Gasteiger partial charge in [-0.2, -0.15) is 11.8 Å². The lowest BCUT2D eigenvalue weighted by Crippen LogP contribution is -2.45. The van der Waals surface area contributed by atoms with Crippen molar-refractivity contribution < 1.29 is 9.59 Å². The van der Waals surface area contributed by atoms with Crippen molar-refractivity contribution in [1.82, 2.24) is 20.3 Å². The van der Waals surface area contributed by atoms with Crippen molar-refractivity contribution >= 4 is 23.5 Å². The van der Waals surface area contributed by atoms with Crippen LogP contribution in [0.4, 0.5) is 0 Å². The third-order valence-electron chi connectivity index (χ3n) is 3.61. The second-order valence-electron chi connectivity index (χ2n) is 5.90. The Balaban J connectivity index is 2.47. The summed E-state index contributed by atoms with van der Waals surface area (Å²) >= 11 is 1.65. The standard InChI is InChI=1S/C15H26N4O2S/c1-10(2)11(3)15(21)14(16-12(4)20)9-22-7-6-13-8-19(5)18-17-13/h8,10-11,14H,6-7,9H2,1-5H3,(H,16,20). The highest BCUT2D eigenvalue weighted by molar-refractivity contribution is 7.99. The summed E-state index contributed by atoms with van der Waals surface area (Å²) in [5.74, 6) is 1.60. The molecule has 1 heterocycles. The van der Waals surface area contributed by atoms with Gasteiger partial charge in [0.05, 0.1) is 11.7 Å². The molecule has 7 heteroatoms. The van der Waals surface area contributed by atoms with Gasteiger partial charge in [-0.15, -0.1) is 5.10 Å².